The summed E-state index contributed by atoms with van der Waals surface area (Å²) in [5.41, 5.74) is 1.60. The number of anilines is 2. The number of nitrogens with one attached hydrogen (secondary N) is 1. The number of pyridine rings is 1. The zero-order valence-electron chi connectivity index (χ0n) is 18.4. The van der Waals surface area contributed by atoms with Crippen LogP contribution in [0.5, 0.6) is 5.75 Å². The third-order valence-corrected chi connectivity index (χ3v) is 5.58. The van der Waals surface area contributed by atoms with Crippen LogP contribution in [0.1, 0.15) is 22.3 Å². The molecule has 1 aliphatic heterocycles. The smallest absolute Gasteiger partial charge is 0.255 e. The maximum atomic E-state index is 13.4. The van der Waals surface area contributed by atoms with E-state index in [9.17, 15) is 13.6 Å². The van der Waals surface area contributed by atoms with E-state index < -0.39 is 17.5 Å². The number of halogens is 2. The molecule has 0 atom stereocenters. The van der Waals surface area contributed by atoms with E-state index in [0.717, 1.165) is 68.9 Å². The first-order valence-electron chi connectivity index (χ1n) is 10.8. The molecule has 172 valence electrons. The lowest BCUT2D eigenvalue weighted by Crippen LogP contribution is -2.31. The van der Waals surface area contributed by atoms with Gasteiger partial charge >= 0.3 is 0 Å². The van der Waals surface area contributed by atoms with E-state index in [1.807, 2.05) is 18.2 Å². The molecule has 2 aromatic carbocycles. The van der Waals surface area contributed by atoms with Gasteiger partial charge in [-0.05, 0) is 48.4 Å². The fraction of sp³-hybridized carbons (Fsp3) is 0.280. The zero-order valence-corrected chi connectivity index (χ0v) is 18.4. The van der Waals surface area contributed by atoms with Crippen molar-refractivity contribution >= 4 is 17.4 Å². The first-order chi connectivity index (χ1) is 16.0. The maximum Gasteiger partial charge on any atom is 0.255 e. The summed E-state index contributed by atoms with van der Waals surface area (Å²) < 4.78 is 32.0. The molecule has 0 radical (unpaired) electrons. The zero-order chi connectivity index (χ0) is 23.2. The Balaban J connectivity index is 1.34. The van der Waals surface area contributed by atoms with Gasteiger partial charge in [0, 0.05) is 44.4 Å². The van der Waals surface area contributed by atoms with Crippen LogP contribution in [0.15, 0.2) is 60.8 Å². The van der Waals surface area contributed by atoms with Crippen LogP contribution in [0.3, 0.4) is 0 Å². The predicted octanol–water partition coefficient (Wildman–Crippen LogP) is 4.33. The van der Waals surface area contributed by atoms with Crippen molar-refractivity contribution in [1.29, 1.82) is 0 Å². The van der Waals surface area contributed by atoms with Crippen molar-refractivity contribution in [2.45, 2.75) is 13.0 Å². The second-order valence-corrected chi connectivity index (χ2v) is 7.99. The monoisotopic (exact) mass is 452 g/mol. The molecule has 33 heavy (non-hydrogen) atoms. The summed E-state index contributed by atoms with van der Waals surface area (Å²) in [6.07, 6.45) is 2.57. The maximum absolute atomic E-state index is 13.4. The van der Waals surface area contributed by atoms with Gasteiger partial charge in [0.2, 0.25) is 0 Å². The van der Waals surface area contributed by atoms with Gasteiger partial charge in [0.25, 0.3) is 5.91 Å². The molecule has 1 aromatic heterocycles. The summed E-state index contributed by atoms with van der Waals surface area (Å²) in [6, 6.07) is 14.4. The SMILES string of the molecule is COc1cccc(CN2CCCN(c3ccc(NC(=O)c4cc(F)cc(F)c4)cn3)CC2)c1. The summed E-state index contributed by atoms with van der Waals surface area (Å²) in [5.74, 6) is -0.493. The molecule has 0 unspecified atom stereocenters. The van der Waals surface area contributed by atoms with E-state index >= 15 is 0 Å². The van der Waals surface area contributed by atoms with Crippen molar-refractivity contribution in [3.8, 4) is 5.75 Å². The molecule has 2 heterocycles. The molecule has 1 aliphatic rings. The molecule has 0 aliphatic carbocycles. The summed E-state index contributed by atoms with van der Waals surface area (Å²) in [4.78, 5) is 21.4. The third kappa shape index (κ3) is 6.04. The van der Waals surface area contributed by atoms with Crippen LogP contribution in [0.4, 0.5) is 20.3 Å². The first-order valence-corrected chi connectivity index (χ1v) is 10.8. The Hall–Kier alpha value is -3.52. The molecule has 0 saturated carbocycles. The van der Waals surface area contributed by atoms with Gasteiger partial charge in [-0.3, -0.25) is 9.69 Å². The summed E-state index contributed by atoms with van der Waals surface area (Å²) in [7, 11) is 1.67. The Morgan fingerprint density at radius 2 is 1.85 bits per heavy atom. The van der Waals surface area contributed by atoms with E-state index in [-0.39, 0.29) is 5.56 Å². The quantitative estimate of drug-likeness (QED) is 0.603. The molecule has 0 bridgehead atoms. The van der Waals surface area contributed by atoms with Gasteiger partial charge in [-0.2, -0.15) is 0 Å². The average Bonchev–Trinajstić information content (AvgIpc) is 3.04. The van der Waals surface area contributed by atoms with E-state index in [1.54, 1.807) is 19.4 Å². The lowest BCUT2D eigenvalue weighted by Gasteiger charge is -2.23. The number of nitrogens with zero attached hydrogens (tertiary/aromatic N) is 3. The van der Waals surface area contributed by atoms with Crippen LogP contribution in [0.2, 0.25) is 0 Å². The minimum atomic E-state index is -0.796. The minimum Gasteiger partial charge on any atom is -0.497 e. The second kappa shape index (κ2) is 10.4. The predicted molar refractivity (Wildman–Crippen MR) is 124 cm³/mol. The van der Waals surface area contributed by atoms with E-state index in [1.165, 1.54) is 5.56 Å². The highest BCUT2D eigenvalue weighted by molar-refractivity contribution is 6.04. The highest BCUT2D eigenvalue weighted by Gasteiger charge is 2.17. The Morgan fingerprint density at radius 1 is 1.03 bits per heavy atom. The number of hydrogen-bond acceptors (Lipinski definition) is 5. The highest BCUT2D eigenvalue weighted by Crippen LogP contribution is 2.19. The van der Waals surface area contributed by atoms with Crippen LogP contribution in [0.25, 0.3) is 0 Å². The largest absolute Gasteiger partial charge is 0.497 e. The normalized spacial score (nSPS) is 14.6. The molecular formula is C25H26F2N4O2. The van der Waals surface area contributed by atoms with Crippen molar-refractivity contribution in [2.75, 3.05) is 43.5 Å². The van der Waals surface area contributed by atoms with Crippen LogP contribution in [0, 0.1) is 11.6 Å². The lowest BCUT2D eigenvalue weighted by atomic mass is 10.2. The standard InChI is InChI=1S/C25H26F2N4O2/c1-33-23-5-2-4-18(12-23)17-30-8-3-9-31(11-10-30)24-7-6-22(16-28-24)29-25(32)19-13-20(26)15-21(27)14-19/h2,4-7,12-16H,3,8-11,17H2,1H3,(H,29,32). The third-order valence-electron chi connectivity index (χ3n) is 5.58. The number of rotatable bonds is 6. The minimum absolute atomic E-state index is 0.0831. The molecule has 1 fully saturated rings. The molecule has 1 saturated heterocycles. The number of aromatic nitrogens is 1. The van der Waals surface area contributed by atoms with Crippen molar-refractivity contribution in [3.05, 3.63) is 83.6 Å². The Morgan fingerprint density at radius 3 is 2.58 bits per heavy atom. The molecular weight excluding hydrogens is 426 g/mol. The van der Waals surface area contributed by atoms with Crippen molar-refractivity contribution in [3.63, 3.8) is 0 Å². The van der Waals surface area contributed by atoms with Gasteiger partial charge in [-0.1, -0.05) is 12.1 Å². The summed E-state index contributed by atoms with van der Waals surface area (Å²) in [5, 5.41) is 2.63. The van der Waals surface area contributed by atoms with Crippen molar-refractivity contribution < 1.29 is 18.3 Å². The number of carbonyl (C=O) groups excluding carboxylic acids is 1. The van der Waals surface area contributed by atoms with E-state index in [2.05, 4.69) is 32.2 Å². The topological polar surface area (TPSA) is 57.7 Å². The number of methoxy groups -OCH3 is 1. The first kappa shape index (κ1) is 22.7. The summed E-state index contributed by atoms with van der Waals surface area (Å²) in [6.45, 7) is 4.49. The number of amides is 1. The number of hydrogen-bond donors (Lipinski definition) is 1. The molecule has 6 nitrogen and oxygen atoms in total. The van der Waals surface area contributed by atoms with Crippen molar-refractivity contribution in [1.82, 2.24) is 9.88 Å². The Bertz CT molecular complexity index is 1090. The van der Waals surface area contributed by atoms with Gasteiger partial charge < -0.3 is 15.0 Å². The fourth-order valence-electron chi connectivity index (χ4n) is 3.92. The average molecular weight is 453 g/mol. The van der Waals surface area contributed by atoms with Gasteiger partial charge in [0.15, 0.2) is 0 Å². The Kier molecular flexibility index (Phi) is 7.14. The molecule has 1 amide bonds. The Labute approximate surface area is 191 Å². The van der Waals surface area contributed by atoms with Gasteiger partial charge in [0.1, 0.15) is 23.2 Å². The van der Waals surface area contributed by atoms with E-state index in [0.29, 0.717) is 5.69 Å². The van der Waals surface area contributed by atoms with Crippen LogP contribution in [-0.2, 0) is 6.54 Å². The molecule has 8 heteroatoms. The molecule has 4 rings (SSSR count). The fourth-order valence-corrected chi connectivity index (χ4v) is 3.92. The van der Waals surface area contributed by atoms with Crippen LogP contribution >= 0.6 is 0 Å². The van der Waals surface area contributed by atoms with Crippen molar-refractivity contribution in [2.24, 2.45) is 0 Å². The molecule has 0 spiro atoms. The second-order valence-electron chi connectivity index (χ2n) is 7.99. The number of carbonyl (C=O) groups is 1. The number of benzene rings is 2. The van der Waals surface area contributed by atoms with E-state index in [4.69, 9.17) is 4.74 Å². The van der Waals surface area contributed by atoms with Gasteiger partial charge in [-0.25, -0.2) is 13.8 Å². The summed E-state index contributed by atoms with van der Waals surface area (Å²) >= 11 is 0. The van der Waals surface area contributed by atoms with Crippen LogP contribution in [-0.4, -0.2) is 49.1 Å². The molecule has 1 N–H and O–H groups in total. The number of ether oxygens (including phenoxy) is 1. The van der Waals surface area contributed by atoms with Gasteiger partial charge in [0.05, 0.1) is 19.0 Å². The van der Waals surface area contributed by atoms with Crippen LogP contribution < -0.4 is 15.0 Å². The van der Waals surface area contributed by atoms with Gasteiger partial charge in [-0.15, -0.1) is 0 Å². The molecule has 3 aromatic rings. The highest BCUT2D eigenvalue weighted by atomic mass is 19.1. The lowest BCUT2D eigenvalue weighted by molar-refractivity contribution is 0.102.